The lowest BCUT2D eigenvalue weighted by Crippen LogP contribution is -2.06. The largest absolute Gasteiger partial charge is 0.416 e. The van der Waals surface area contributed by atoms with E-state index >= 15 is 0 Å². The highest BCUT2D eigenvalue weighted by molar-refractivity contribution is 5.84. The Morgan fingerprint density at radius 2 is 1.92 bits per heavy atom. The third-order valence-electron chi connectivity index (χ3n) is 2.77. The number of benzene rings is 1. The number of alkyl halides is 3. The molecule has 0 saturated heterocycles. The van der Waals surface area contributed by atoms with Crippen molar-refractivity contribution >= 4 is 17.7 Å². The first-order chi connectivity index (χ1) is 11.4. The average Bonchev–Trinajstić information content (AvgIpc) is 2.58. The summed E-state index contributed by atoms with van der Waals surface area (Å²) in [5, 5.41) is 11.5. The van der Waals surface area contributed by atoms with Gasteiger partial charge in [-0.05, 0) is 24.3 Å². The van der Waals surface area contributed by atoms with E-state index in [2.05, 4.69) is 20.3 Å². The van der Waals surface area contributed by atoms with Crippen molar-refractivity contribution in [3.8, 4) is 6.07 Å². The first kappa shape index (κ1) is 17.0. The Bertz CT molecular complexity index is 786. The molecule has 0 bridgehead atoms. The fourth-order valence-electron chi connectivity index (χ4n) is 1.60. The normalized spacial score (nSPS) is 12.2. The molecule has 0 aliphatic rings. The summed E-state index contributed by atoms with van der Waals surface area (Å²) >= 11 is 0. The topological polar surface area (TPSA) is 100.0 Å². The van der Waals surface area contributed by atoms with Crippen LogP contribution in [0.4, 0.5) is 24.7 Å². The molecule has 1 aromatic heterocycles. The minimum atomic E-state index is -4.39. The molecule has 0 unspecified atom stereocenters. The van der Waals surface area contributed by atoms with Crippen LogP contribution < -0.4 is 11.1 Å². The van der Waals surface area contributed by atoms with E-state index in [1.54, 1.807) is 0 Å². The maximum atomic E-state index is 12.5. The van der Waals surface area contributed by atoms with Crippen LogP contribution in [0.2, 0.25) is 0 Å². The van der Waals surface area contributed by atoms with Gasteiger partial charge in [0.2, 0.25) is 0 Å². The van der Waals surface area contributed by atoms with Crippen molar-refractivity contribution in [3.05, 3.63) is 59.8 Å². The number of nitrogens with one attached hydrogen (secondary N) is 1. The predicted molar refractivity (Wildman–Crippen MR) is 82.2 cm³/mol. The van der Waals surface area contributed by atoms with Crippen molar-refractivity contribution in [2.75, 3.05) is 5.32 Å². The smallest absolute Gasteiger partial charge is 0.403 e. The van der Waals surface area contributed by atoms with Gasteiger partial charge in [-0.2, -0.15) is 18.4 Å². The second kappa shape index (κ2) is 7.23. The number of nitrogens with zero attached hydrogens (tertiary/aromatic N) is 4. The van der Waals surface area contributed by atoms with Crippen molar-refractivity contribution in [1.82, 2.24) is 9.97 Å². The summed E-state index contributed by atoms with van der Waals surface area (Å²) in [5.74, 6) is 0.338. The molecule has 122 valence electrons. The van der Waals surface area contributed by atoms with Gasteiger partial charge in [0.1, 0.15) is 11.9 Å². The molecular weight excluding hydrogens is 321 g/mol. The number of anilines is 1. The molecule has 9 heteroatoms. The molecule has 2 aromatic rings. The summed E-state index contributed by atoms with van der Waals surface area (Å²) < 4.78 is 37.4. The van der Waals surface area contributed by atoms with Crippen LogP contribution in [0.3, 0.4) is 0 Å². The number of aliphatic imine (C=N–C) groups is 1. The Morgan fingerprint density at radius 3 is 2.42 bits per heavy atom. The van der Waals surface area contributed by atoms with Gasteiger partial charge >= 0.3 is 6.18 Å². The Kier molecular flexibility index (Phi) is 5.11. The molecule has 3 N–H and O–H groups in total. The van der Waals surface area contributed by atoms with E-state index in [0.717, 1.165) is 12.1 Å². The summed E-state index contributed by atoms with van der Waals surface area (Å²) in [5.41, 5.74) is 5.56. The molecule has 0 saturated carbocycles. The van der Waals surface area contributed by atoms with Crippen LogP contribution in [0, 0.1) is 11.3 Å². The molecule has 0 aliphatic heterocycles. The molecular formula is C15H11F3N6. The van der Waals surface area contributed by atoms with E-state index in [0.29, 0.717) is 17.2 Å². The SMILES string of the molecule is N#Cc1cnc(NC(C=Nc2ccc(C(F)(F)F)cc2)=CN)cn1. The fraction of sp³-hybridized carbons (Fsp3) is 0.0667. The minimum Gasteiger partial charge on any atom is -0.403 e. The molecule has 1 heterocycles. The standard InChI is InChI=1S/C15H11F3N6/c16-15(17,18)10-1-3-11(4-2-10)21-8-13(6-20)24-14-9-22-12(5-19)7-23-14/h1-4,6-9H,20H2,(H,23,24). The van der Waals surface area contributed by atoms with Gasteiger partial charge in [-0.3, -0.25) is 4.99 Å². The van der Waals surface area contributed by atoms with Gasteiger partial charge in [0, 0.05) is 6.20 Å². The van der Waals surface area contributed by atoms with Crippen LogP contribution in [0.25, 0.3) is 0 Å². The van der Waals surface area contributed by atoms with Crippen LogP contribution in [0.5, 0.6) is 0 Å². The fourth-order valence-corrected chi connectivity index (χ4v) is 1.60. The first-order valence-corrected chi connectivity index (χ1v) is 6.55. The maximum Gasteiger partial charge on any atom is 0.416 e. The molecule has 1 aromatic carbocycles. The number of hydrogen-bond acceptors (Lipinski definition) is 6. The molecule has 0 spiro atoms. The molecule has 0 atom stereocenters. The van der Waals surface area contributed by atoms with Gasteiger partial charge in [-0.1, -0.05) is 0 Å². The zero-order valence-corrected chi connectivity index (χ0v) is 12.1. The van der Waals surface area contributed by atoms with Crippen LogP contribution in [0.1, 0.15) is 11.3 Å². The maximum absolute atomic E-state index is 12.5. The second-order valence-electron chi connectivity index (χ2n) is 4.45. The Balaban J connectivity index is 2.06. The van der Waals surface area contributed by atoms with E-state index in [4.69, 9.17) is 11.0 Å². The summed E-state index contributed by atoms with van der Waals surface area (Å²) in [6.45, 7) is 0. The highest BCUT2D eigenvalue weighted by Crippen LogP contribution is 2.30. The number of allylic oxidation sites excluding steroid dienone is 1. The van der Waals surface area contributed by atoms with Gasteiger partial charge in [-0.15, -0.1) is 0 Å². The number of hydrogen-bond donors (Lipinski definition) is 2. The van der Waals surface area contributed by atoms with E-state index < -0.39 is 11.7 Å². The molecule has 24 heavy (non-hydrogen) atoms. The number of nitriles is 1. The van der Waals surface area contributed by atoms with Crippen molar-refractivity contribution < 1.29 is 13.2 Å². The zero-order chi connectivity index (χ0) is 17.6. The lowest BCUT2D eigenvalue weighted by atomic mass is 10.2. The lowest BCUT2D eigenvalue weighted by molar-refractivity contribution is -0.137. The molecule has 2 rings (SSSR count). The van der Waals surface area contributed by atoms with Crippen LogP contribution in [-0.2, 0) is 6.18 Å². The minimum absolute atomic E-state index is 0.164. The predicted octanol–water partition coefficient (Wildman–Crippen LogP) is 2.98. The van der Waals surface area contributed by atoms with Gasteiger partial charge in [0.05, 0.1) is 35.6 Å². The van der Waals surface area contributed by atoms with E-state index in [1.807, 2.05) is 6.07 Å². The molecule has 0 fully saturated rings. The second-order valence-corrected chi connectivity index (χ2v) is 4.45. The molecule has 0 radical (unpaired) electrons. The van der Waals surface area contributed by atoms with Crippen molar-refractivity contribution in [3.63, 3.8) is 0 Å². The average molecular weight is 332 g/mol. The summed E-state index contributed by atoms with van der Waals surface area (Å²) in [7, 11) is 0. The van der Waals surface area contributed by atoms with Crippen molar-refractivity contribution in [2.24, 2.45) is 10.7 Å². The highest BCUT2D eigenvalue weighted by Gasteiger charge is 2.29. The quantitative estimate of drug-likeness (QED) is 0.838. The monoisotopic (exact) mass is 332 g/mol. The van der Waals surface area contributed by atoms with Gasteiger partial charge in [0.15, 0.2) is 5.69 Å². The van der Waals surface area contributed by atoms with Crippen LogP contribution >= 0.6 is 0 Å². The van der Waals surface area contributed by atoms with Crippen molar-refractivity contribution in [1.29, 1.82) is 5.26 Å². The lowest BCUT2D eigenvalue weighted by Gasteiger charge is -2.06. The Morgan fingerprint density at radius 1 is 1.21 bits per heavy atom. The number of aromatic nitrogens is 2. The molecule has 0 amide bonds. The van der Waals surface area contributed by atoms with Gasteiger partial charge in [0.25, 0.3) is 0 Å². The van der Waals surface area contributed by atoms with Crippen molar-refractivity contribution in [2.45, 2.75) is 6.18 Å². The third-order valence-corrected chi connectivity index (χ3v) is 2.77. The van der Waals surface area contributed by atoms with Gasteiger partial charge in [-0.25, -0.2) is 9.97 Å². The number of halogens is 3. The summed E-state index contributed by atoms with van der Waals surface area (Å²) in [6, 6.07) is 6.21. The van der Waals surface area contributed by atoms with E-state index in [-0.39, 0.29) is 5.69 Å². The number of nitrogens with two attached hydrogens (primary N) is 1. The van der Waals surface area contributed by atoms with Gasteiger partial charge < -0.3 is 11.1 Å². The molecule has 0 aliphatic carbocycles. The van der Waals surface area contributed by atoms with Crippen LogP contribution in [-0.4, -0.2) is 16.2 Å². The number of rotatable bonds is 4. The first-order valence-electron chi connectivity index (χ1n) is 6.55. The Hall–Kier alpha value is -3.41. The zero-order valence-electron chi connectivity index (χ0n) is 12.1. The van der Waals surface area contributed by atoms with Crippen LogP contribution in [0.15, 0.2) is 53.5 Å². The molecule has 6 nitrogen and oxygen atoms in total. The van der Waals surface area contributed by atoms with E-state index in [1.165, 1.54) is 36.9 Å². The third kappa shape index (κ3) is 4.54. The Labute approximate surface area is 135 Å². The van der Waals surface area contributed by atoms with E-state index in [9.17, 15) is 13.2 Å². The highest BCUT2D eigenvalue weighted by atomic mass is 19.4. The summed E-state index contributed by atoms with van der Waals surface area (Å²) in [6.07, 6.45) is 0.786. The summed E-state index contributed by atoms with van der Waals surface area (Å²) in [4.78, 5) is 11.8.